The van der Waals surface area contributed by atoms with Crippen LogP contribution in [0.1, 0.15) is 60.8 Å². The van der Waals surface area contributed by atoms with Crippen molar-refractivity contribution in [2.75, 3.05) is 40.0 Å². The van der Waals surface area contributed by atoms with E-state index >= 15 is 0 Å². The number of carbonyl (C=O) groups excluding carboxylic acids is 2. The molecule has 4 atom stereocenters. The molecule has 10 heteroatoms. The van der Waals surface area contributed by atoms with Crippen LogP contribution >= 0.6 is 0 Å². The highest BCUT2D eigenvalue weighted by Gasteiger charge is 2.35. The second-order valence-corrected chi connectivity index (χ2v) is 11.8. The van der Waals surface area contributed by atoms with Crippen LogP contribution in [0, 0.1) is 0 Å². The molecule has 2 fully saturated rings. The summed E-state index contributed by atoms with van der Waals surface area (Å²) in [6.07, 6.45) is 2.35. The van der Waals surface area contributed by atoms with E-state index in [1.807, 2.05) is 60.7 Å². The number of hydrogen-bond acceptors (Lipinski definition) is 8. The number of aliphatic hydroxyl groups is 1. The number of nitrogens with one attached hydrogen (secondary N) is 2. The van der Waals surface area contributed by atoms with E-state index in [1.54, 1.807) is 14.0 Å². The van der Waals surface area contributed by atoms with Gasteiger partial charge in [-0.05, 0) is 60.2 Å². The molecule has 0 unspecified atom stereocenters. The molecule has 2 aliphatic heterocycles. The Morgan fingerprint density at radius 1 is 0.957 bits per heavy atom. The van der Waals surface area contributed by atoms with Crippen LogP contribution < -0.4 is 10.6 Å². The van der Waals surface area contributed by atoms with Gasteiger partial charge in [0, 0.05) is 38.2 Å². The van der Waals surface area contributed by atoms with E-state index in [9.17, 15) is 14.7 Å². The fraction of sp³-hybridized carbons (Fsp3) is 0.444. The highest BCUT2D eigenvalue weighted by Crippen LogP contribution is 2.39. The SMILES string of the molecule is CCOC(=O)CNC(=O)NCc1cccc(-c2ccc([C@H]3O[C@@H](CN4CCC[C@H]4COC)C[C@@H](c4ccc(CO)cc4)O3)cc2)c1. The molecule has 0 spiro atoms. The normalized spacial score (nSPS) is 21.5. The summed E-state index contributed by atoms with van der Waals surface area (Å²) < 4.78 is 23.5. The maximum atomic E-state index is 12.1. The first-order valence-corrected chi connectivity index (χ1v) is 16.1. The van der Waals surface area contributed by atoms with Crippen molar-refractivity contribution in [3.05, 3.63) is 95.1 Å². The van der Waals surface area contributed by atoms with E-state index < -0.39 is 18.3 Å². The first-order chi connectivity index (χ1) is 22.4. The Morgan fingerprint density at radius 2 is 1.74 bits per heavy atom. The zero-order valence-corrected chi connectivity index (χ0v) is 26.7. The van der Waals surface area contributed by atoms with Crippen molar-refractivity contribution in [2.24, 2.45) is 0 Å². The maximum Gasteiger partial charge on any atom is 0.325 e. The van der Waals surface area contributed by atoms with E-state index in [1.165, 1.54) is 0 Å². The average molecular weight is 632 g/mol. The minimum Gasteiger partial charge on any atom is -0.465 e. The molecule has 0 bridgehead atoms. The Hall–Kier alpha value is -3.80. The monoisotopic (exact) mass is 631 g/mol. The Labute approximate surface area is 271 Å². The van der Waals surface area contributed by atoms with Gasteiger partial charge in [0.25, 0.3) is 0 Å². The number of carbonyl (C=O) groups is 2. The van der Waals surface area contributed by atoms with Crippen LogP contribution in [0.4, 0.5) is 4.79 Å². The van der Waals surface area contributed by atoms with Gasteiger partial charge < -0.3 is 34.7 Å². The molecular formula is C36H45N3O7. The van der Waals surface area contributed by atoms with Crippen LogP contribution in [0.3, 0.4) is 0 Å². The van der Waals surface area contributed by atoms with Gasteiger partial charge >= 0.3 is 12.0 Å². The lowest BCUT2D eigenvalue weighted by atomic mass is 9.99. The fourth-order valence-corrected chi connectivity index (χ4v) is 6.11. The number of esters is 1. The van der Waals surface area contributed by atoms with Crippen LogP contribution in [0.2, 0.25) is 0 Å². The summed E-state index contributed by atoms with van der Waals surface area (Å²) in [5, 5.41) is 14.8. The van der Waals surface area contributed by atoms with Crippen molar-refractivity contribution in [1.82, 2.24) is 15.5 Å². The molecule has 3 aromatic carbocycles. The minimum absolute atomic E-state index is 0.00817. The lowest BCUT2D eigenvalue weighted by Crippen LogP contribution is -2.42. The second-order valence-electron chi connectivity index (χ2n) is 11.8. The summed E-state index contributed by atoms with van der Waals surface area (Å²) in [4.78, 5) is 26.1. The highest BCUT2D eigenvalue weighted by molar-refractivity contribution is 5.80. The molecule has 2 aliphatic rings. The van der Waals surface area contributed by atoms with Crippen LogP contribution in [-0.2, 0) is 36.9 Å². The predicted molar refractivity (Wildman–Crippen MR) is 174 cm³/mol. The lowest BCUT2D eigenvalue weighted by Gasteiger charge is -2.38. The standard InChI is InChI=1S/C36H45N3O7/c1-3-44-34(41)21-38-36(42)37-20-26-6-4-7-30(18-26)27-13-15-29(16-14-27)35-45-32(22-39-17-5-8-31(39)24-43-2)19-33(46-35)28-11-9-25(23-40)10-12-28/h4,6-7,9-16,18,31-33,35,40H,3,5,8,17,19-24H2,1-2H3,(H2,37,38,42)/t31-,32+,33-,35-/m0/s1. The number of rotatable bonds is 13. The van der Waals surface area contributed by atoms with Gasteiger partial charge in [0.1, 0.15) is 6.54 Å². The quantitative estimate of drug-likeness (QED) is 0.229. The smallest absolute Gasteiger partial charge is 0.325 e. The summed E-state index contributed by atoms with van der Waals surface area (Å²) in [6.45, 7) is 4.71. The molecule has 2 saturated heterocycles. The van der Waals surface area contributed by atoms with E-state index in [0.29, 0.717) is 12.6 Å². The average Bonchev–Trinajstić information content (AvgIpc) is 3.53. The Bertz CT molecular complexity index is 1420. The molecule has 0 saturated carbocycles. The molecular weight excluding hydrogens is 586 g/mol. The van der Waals surface area contributed by atoms with Gasteiger partial charge in [0.05, 0.1) is 32.0 Å². The van der Waals surface area contributed by atoms with Crippen molar-refractivity contribution in [1.29, 1.82) is 0 Å². The number of hydrogen-bond donors (Lipinski definition) is 3. The molecule has 3 aromatic rings. The largest absolute Gasteiger partial charge is 0.465 e. The second kappa shape index (κ2) is 16.7. The van der Waals surface area contributed by atoms with Gasteiger partial charge in [0.15, 0.2) is 6.29 Å². The minimum atomic E-state index is -0.526. The van der Waals surface area contributed by atoms with E-state index in [2.05, 4.69) is 27.7 Å². The summed E-state index contributed by atoms with van der Waals surface area (Å²) in [5.74, 6) is -0.475. The van der Waals surface area contributed by atoms with Crippen molar-refractivity contribution >= 4 is 12.0 Å². The third-order valence-corrected chi connectivity index (χ3v) is 8.51. The molecule has 0 aromatic heterocycles. The van der Waals surface area contributed by atoms with Crippen LogP contribution in [0.25, 0.3) is 11.1 Å². The van der Waals surface area contributed by atoms with Crippen molar-refractivity contribution in [3.8, 4) is 11.1 Å². The number of amides is 2. The zero-order chi connectivity index (χ0) is 32.3. The van der Waals surface area contributed by atoms with E-state index in [-0.39, 0.29) is 32.0 Å². The van der Waals surface area contributed by atoms with Crippen molar-refractivity contribution in [3.63, 3.8) is 0 Å². The van der Waals surface area contributed by atoms with Crippen LogP contribution in [0.5, 0.6) is 0 Å². The predicted octanol–water partition coefficient (Wildman–Crippen LogP) is 4.86. The third kappa shape index (κ3) is 9.14. The Kier molecular flexibility index (Phi) is 12.2. The molecule has 2 heterocycles. The molecule has 0 aliphatic carbocycles. The van der Waals surface area contributed by atoms with Gasteiger partial charge in [-0.25, -0.2) is 4.79 Å². The number of urea groups is 1. The van der Waals surface area contributed by atoms with Gasteiger partial charge in [-0.3, -0.25) is 9.69 Å². The first-order valence-electron chi connectivity index (χ1n) is 16.1. The first kappa shape index (κ1) is 33.6. The highest BCUT2D eigenvalue weighted by atomic mass is 16.7. The summed E-state index contributed by atoms with van der Waals surface area (Å²) in [5.41, 5.74) is 5.86. The molecule has 5 rings (SSSR count). The number of nitrogens with zero attached hydrogens (tertiary/aromatic N) is 1. The van der Waals surface area contributed by atoms with Crippen LogP contribution in [0.15, 0.2) is 72.8 Å². The molecule has 3 N–H and O–H groups in total. The fourth-order valence-electron chi connectivity index (χ4n) is 6.11. The van der Waals surface area contributed by atoms with Crippen molar-refractivity contribution in [2.45, 2.75) is 63.9 Å². The third-order valence-electron chi connectivity index (χ3n) is 8.51. The van der Waals surface area contributed by atoms with Gasteiger partial charge in [0.2, 0.25) is 0 Å². The molecule has 246 valence electrons. The molecule has 2 amide bonds. The molecule has 0 radical (unpaired) electrons. The van der Waals surface area contributed by atoms with E-state index in [4.69, 9.17) is 18.9 Å². The van der Waals surface area contributed by atoms with Crippen LogP contribution in [-0.4, -0.2) is 74.1 Å². The summed E-state index contributed by atoms with van der Waals surface area (Å²) >= 11 is 0. The Balaban J connectivity index is 1.26. The number of benzene rings is 3. The number of aliphatic hydroxyl groups excluding tert-OH is 1. The summed E-state index contributed by atoms with van der Waals surface area (Å²) in [7, 11) is 1.76. The number of likely N-dealkylation sites (tertiary alicyclic amines) is 1. The van der Waals surface area contributed by atoms with Gasteiger partial charge in [-0.2, -0.15) is 0 Å². The van der Waals surface area contributed by atoms with E-state index in [0.717, 1.165) is 72.3 Å². The summed E-state index contributed by atoms with van der Waals surface area (Å²) in [6, 6.07) is 24.1. The zero-order valence-electron chi connectivity index (χ0n) is 26.7. The van der Waals surface area contributed by atoms with Gasteiger partial charge in [-0.1, -0.05) is 66.7 Å². The van der Waals surface area contributed by atoms with Gasteiger partial charge in [-0.15, -0.1) is 0 Å². The topological polar surface area (TPSA) is 119 Å². The number of ether oxygens (including phenoxy) is 4. The Morgan fingerprint density at radius 3 is 2.48 bits per heavy atom. The maximum absolute atomic E-state index is 12.1. The lowest BCUT2D eigenvalue weighted by molar-refractivity contribution is -0.253. The molecule has 46 heavy (non-hydrogen) atoms. The molecule has 10 nitrogen and oxygen atoms in total. The van der Waals surface area contributed by atoms with Crippen molar-refractivity contribution < 1.29 is 33.6 Å². The number of methoxy groups -OCH3 is 1.